The van der Waals surface area contributed by atoms with Crippen LogP contribution < -0.4 is 15.5 Å². The van der Waals surface area contributed by atoms with Crippen LogP contribution in [0.2, 0.25) is 0 Å². The van der Waals surface area contributed by atoms with Crippen molar-refractivity contribution in [2.45, 2.75) is 20.3 Å². The summed E-state index contributed by atoms with van der Waals surface area (Å²) in [6.07, 6.45) is 0.465. The zero-order valence-corrected chi connectivity index (χ0v) is 16.6. The van der Waals surface area contributed by atoms with Gasteiger partial charge in [-0.1, -0.05) is 24.3 Å². The molecule has 3 amide bonds. The summed E-state index contributed by atoms with van der Waals surface area (Å²) < 4.78 is 0. The third kappa shape index (κ3) is 5.03. The minimum absolute atomic E-state index is 0.190. The lowest BCUT2D eigenvalue weighted by atomic mass is 10.1. The number of carbonyl (C=O) groups excluding carboxylic acids is 2. The SMILES string of the molecule is CCNC(=O)Nc1ccc(N2CCN(C(=O)Cc3ccccc3C)CC2)cc1. The van der Waals surface area contributed by atoms with Crippen LogP contribution in [0.5, 0.6) is 0 Å². The van der Waals surface area contributed by atoms with E-state index in [9.17, 15) is 9.59 Å². The maximum Gasteiger partial charge on any atom is 0.319 e. The Labute approximate surface area is 166 Å². The van der Waals surface area contributed by atoms with E-state index in [1.807, 2.05) is 67.3 Å². The number of carbonyl (C=O) groups is 2. The smallest absolute Gasteiger partial charge is 0.319 e. The van der Waals surface area contributed by atoms with Crippen molar-refractivity contribution in [2.24, 2.45) is 0 Å². The number of rotatable bonds is 5. The molecule has 1 aliphatic rings. The number of hydrogen-bond donors (Lipinski definition) is 2. The molecule has 0 aliphatic carbocycles. The molecule has 148 valence electrons. The molecule has 0 saturated carbocycles. The van der Waals surface area contributed by atoms with Gasteiger partial charge in [-0.25, -0.2) is 4.79 Å². The first-order valence-electron chi connectivity index (χ1n) is 9.79. The fourth-order valence-electron chi connectivity index (χ4n) is 3.39. The van der Waals surface area contributed by atoms with Crippen LogP contribution in [0.15, 0.2) is 48.5 Å². The van der Waals surface area contributed by atoms with Crippen LogP contribution in [-0.4, -0.2) is 49.6 Å². The van der Waals surface area contributed by atoms with Crippen molar-refractivity contribution in [3.63, 3.8) is 0 Å². The molecule has 0 bridgehead atoms. The number of nitrogens with one attached hydrogen (secondary N) is 2. The summed E-state index contributed by atoms with van der Waals surface area (Å²) in [5.74, 6) is 0.190. The molecule has 0 radical (unpaired) electrons. The van der Waals surface area contributed by atoms with E-state index in [4.69, 9.17) is 0 Å². The molecule has 2 N–H and O–H groups in total. The van der Waals surface area contributed by atoms with Gasteiger partial charge in [-0.15, -0.1) is 0 Å². The van der Waals surface area contributed by atoms with Gasteiger partial charge in [0.15, 0.2) is 0 Å². The molecule has 0 spiro atoms. The highest BCUT2D eigenvalue weighted by Crippen LogP contribution is 2.20. The van der Waals surface area contributed by atoms with E-state index >= 15 is 0 Å². The minimum atomic E-state index is -0.198. The van der Waals surface area contributed by atoms with Crippen LogP contribution >= 0.6 is 0 Å². The molecule has 2 aromatic rings. The topological polar surface area (TPSA) is 64.7 Å². The van der Waals surface area contributed by atoms with E-state index in [0.29, 0.717) is 13.0 Å². The maximum atomic E-state index is 12.6. The van der Waals surface area contributed by atoms with E-state index in [0.717, 1.165) is 48.7 Å². The number of hydrogen-bond acceptors (Lipinski definition) is 3. The summed E-state index contributed by atoms with van der Waals surface area (Å²) in [7, 11) is 0. The van der Waals surface area contributed by atoms with Gasteiger partial charge >= 0.3 is 6.03 Å². The molecule has 1 heterocycles. The first-order chi connectivity index (χ1) is 13.6. The number of benzene rings is 2. The number of piperazine rings is 1. The fraction of sp³-hybridized carbons (Fsp3) is 0.364. The van der Waals surface area contributed by atoms with Crippen molar-refractivity contribution in [1.29, 1.82) is 0 Å². The molecule has 0 unspecified atom stereocenters. The second-order valence-electron chi connectivity index (χ2n) is 7.00. The van der Waals surface area contributed by atoms with Gasteiger partial charge in [0.2, 0.25) is 5.91 Å². The molecule has 1 aliphatic heterocycles. The predicted molar refractivity (Wildman–Crippen MR) is 113 cm³/mol. The lowest BCUT2D eigenvalue weighted by Gasteiger charge is -2.36. The molecule has 1 saturated heterocycles. The quantitative estimate of drug-likeness (QED) is 0.838. The lowest BCUT2D eigenvalue weighted by Crippen LogP contribution is -2.49. The summed E-state index contributed by atoms with van der Waals surface area (Å²) >= 11 is 0. The van der Waals surface area contributed by atoms with E-state index in [1.165, 1.54) is 0 Å². The number of anilines is 2. The molecule has 6 heteroatoms. The normalized spacial score (nSPS) is 13.9. The van der Waals surface area contributed by atoms with Crippen LogP contribution in [-0.2, 0) is 11.2 Å². The minimum Gasteiger partial charge on any atom is -0.368 e. The highest BCUT2D eigenvalue weighted by atomic mass is 16.2. The zero-order valence-electron chi connectivity index (χ0n) is 16.6. The third-order valence-electron chi connectivity index (χ3n) is 5.06. The standard InChI is InChI=1S/C22H28N4O2/c1-3-23-22(28)24-19-8-10-20(11-9-19)25-12-14-26(15-13-25)21(27)16-18-7-5-4-6-17(18)2/h4-11H,3,12-16H2,1-2H3,(H2,23,24,28). The van der Waals surface area contributed by atoms with Gasteiger partial charge in [0, 0.05) is 44.1 Å². The van der Waals surface area contributed by atoms with Crippen molar-refractivity contribution in [3.8, 4) is 0 Å². The summed E-state index contributed by atoms with van der Waals surface area (Å²) in [5.41, 5.74) is 4.13. The number of nitrogens with zero attached hydrogens (tertiary/aromatic N) is 2. The molecular formula is C22H28N4O2. The Morgan fingerprint density at radius 1 is 0.964 bits per heavy atom. The van der Waals surface area contributed by atoms with E-state index in [-0.39, 0.29) is 11.9 Å². The molecular weight excluding hydrogens is 352 g/mol. The molecule has 0 aromatic heterocycles. The first-order valence-corrected chi connectivity index (χ1v) is 9.79. The van der Waals surface area contributed by atoms with Crippen LogP contribution in [0.3, 0.4) is 0 Å². The highest BCUT2D eigenvalue weighted by molar-refractivity contribution is 5.89. The van der Waals surface area contributed by atoms with E-state index in [2.05, 4.69) is 15.5 Å². The van der Waals surface area contributed by atoms with Gasteiger partial charge in [0.1, 0.15) is 0 Å². The van der Waals surface area contributed by atoms with Crippen molar-refractivity contribution < 1.29 is 9.59 Å². The lowest BCUT2D eigenvalue weighted by molar-refractivity contribution is -0.130. The molecule has 28 heavy (non-hydrogen) atoms. The van der Waals surface area contributed by atoms with Gasteiger partial charge in [-0.2, -0.15) is 0 Å². The monoisotopic (exact) mass is 380 g/mol. The Hall–Kier alpha value is -3.02. The summed E-state index contributed by atoms with van der Waals surface area (Å²) in [6.45, 7) is 7.59. The fourth-order valence-corrected chi connectivity index (χ4v) is 3.39. The van der Waals surface area contributed by atoms with Crippen LogP contribution in [0, 0.1) is 6.92 Å². The van der Waals surface area contributed by atoms with Crippen LogP contribution in [0.1, 0.15) is 18.1 Å². The second-order valence-corrected chi connectivity index (χ2v) is 7.00. The van der Waals surface area contributed by atoms with Gasteiger partial charge in [-0.05, 0) is 49.2 Å². The summed E-state index contributed by atoms with van der Waals surface area (Å²) in [5, 5.41) is 5.51. The third-order valence-corrected chi connectivity index (χ3v) is 5.06. The molecule has 3 rings (SSSR count). The number of amides is 3. The largest absolute Gasteiger partial charge is 0.368 e. The van der Waals surface area contributed by atoms with Gasteiger partial charge in [0.25, 0.3) is 0 Å². The second kappa shape index (κ2) is 9.26. The Morgan fingerprint density at radius 3 is 2.29 bits per heavy atom. The average Bonchev–Trinajstić information content (AvgIpc) is 2.70. The van der Waals surface area contributed by atoms with E-state index < -0.39 is 0 Å². The van der Waals surface area contributed by atoms with Crippen molar-refractivity contribution in [1.82, 2.24) is 10.2 Å². The predicted octanol–water partition coefficient (Wildman–Crippen LogP) is 3.03. The summed E-state index contributed by atoms with van der Waals surface area (Å²) in [4.78, 5) is 28.4. The molecule has 0 atom stereocenters. The van der Waals surface area contributed by atoms with Crippen LogP contribution in [0.25, 0.3) is 0 Å². The Morgan fingerprint density at radius 2 is 1.64 bits per heavy atom. The molecule has 2 aromatic carbocycles. The number of urea groups is 1. The van der Waals surface area contributed by atoms with E-state index in [1.54, 1.807) is 0 Å². The van der Waals surface area contributed by atoms with Gasteiger partial charge < -0.3 is 20.4 Å². The summed E-state index contributed by atoms with van der Waals surface area (Å²) in [6, 6.07) is 15.7. The van der Waals surface area contributed by atoms with Gasteiger partial charge in [0.05, 0.1) is 6.42 Å². The average molecular weight is 380 g/mol. The van der Waals surface area contributed by atoms with Crippen molar-refractivity contribution in [3.05, 3.63) is 59.7 Å². The molecule has 1 fully saturated rings. The van der Waals surface area contributed by atoms with Crippen LogP contribution in [0.4, 0.5) is 16.2 Å². The molecule has 6 nitrogen and oxygen atoms in total. The zero-order chi connectivity index (χ0) is 19.9. The Balaban J connectivity index is 1.51. The first kappa shape index (κ1) is 19.7. The Kier molecular flexibility index (Phi) is 6.53. The van der Waals surface area contributed by atoms with Crippen molar-refractivity contribution >= 4 is 23.3 Å². The maximum absolute atomic E-state index is 12.6. The number of aryl methyl sites for hydroxylation is 1. The Bertz CT molecular complexity index is 812. The highest BCUT2D eigenvalue weighted by Gasteiger charge is 2.21. The van der Waals surface area contributed by atoms with Crippen molar-refractivity contribution in [2.75, 3.05) is 42.9 Å². The van der Waals surface area contributed by atoms with Gasteiger partial charge in [-0.3, -0.25) is 4.79 Å².